The van der Waals surface area contributed by atoms with Gasteiger partial charge in [0.25, 0.3) is 0 Å². The molecule has 0 aliphatic carbocycles. The topological polar surface area (TPSA) is 116 Å². The molecule has 0 spiro atoms. The van der Waals surface area contributed by atoms with Crippen LogP contribution in [0.15, 0.2) is 12.3 Å². The monoisotopic (exact) mass is 242 g/mol. The summed E-state index contributed by atoms with van der Waals surface area (Å²) in [7, 11) is 1.20. The van der Waals surface area contributed by atoms with Gasteiger partial charge in [-0.05, 0) is 4.92 Å². The van der Waals surface area contributed by atoms with Crippen molar-refractivity contribution in [2.75, 3.05) is 13.7 Å². The molecule has 1 heterocycles. The van der Waals surface area contributed by atoms with Crippen LogP contribution in [0.4, 0.5) is 5.82 Å². The van der Waals surface area contributed by atoms with Crippen molar-refractivity contribution in [1.29, 1.82) is 0 Å². The summed E-state index contributed by atoms with van der Waals surface area (Å²) in [5.74, 6) is -1.41. The van der Waals surface area contributed by atoms with Crippen LogP contribution in [0.3, 0.4) is 0 Å². The lowest BCUT2D eigenvalue weighted by Gasteiger charge is -2.01. The van der Waals surface area contributed by atoms with Crippen molar-refractivity contribution in [2.24, 2.45) is 0 Å². The van der Waals surface area contributed by atoms with Gasteiger partial charge < -0.3 is 20.2 Å². The van der Waals surface area contributed by atoms with E-state index in [1.165, 1.54) is 19.4 Å². The zero-order chi connectivity index (χ0) is 12.8. The Morgan fingerprint density at radius 2 is 2.35 bits per heavy atom. The van der Waals surface area contributed by atoms with E-state index in [1.807, 2.05) is 0 Å². The van der Waals surface area contributed by atoms with Crippen LogP contribution >= 0.6 is 0 Å². The molecule has 0 aromatic carbocycles. The predicted molar refractivity (Wildman–Crippen MR) is 53.9 cm³/mol. The van der Waals surface area contributed by atoms with Crippen LogP contribution in [-0.2, 0) is 20.9 Å². The van der Waals surface area contributed by atoms with Crippen molar-refractivity contribution in [2.45, 2.75) is 6.54 Å². The van der Waals surface area contributed by atoms with Crippen LogP contribution in [0.25, 0.3) is 0 Å². The number of nitro groups is 1. The second-order valence-electron chi connectivity index (χ2n) is 2.98. The second-order valence-corrected chi connectivity index (χ2v) is 2.98. The molecule has 0 radical (unpaired) electrons. The first-order chi connectivity index (χ1) is 8.02. The van der Waals surface area contributed by atoms with Crippen LogP contribution in [0.1, 0.15) is 0 Å². The van der Waals surface area contributed by atoms with Gasteiger partial charge in [0.15, 0.2) is 0 Å². The molecule has 17 heavy (non-hydrogen) atoms. The summed E-state index contributed by atoms with van der Waals surface area (Å²) < 4.78 is 5.42. The normalized spacial score (nSPS) is 9.71. The number of rotatable bonds is 5. The first-order valence-corrected chi connectivity index (χ1v) is 4.54. The maximum atomic E-state index is 11.3. The zero-order valence-corrected chi connectivity index (χ0v) is 8.95. The summed E-state index contributed by atoms with van der Waals surface area (Å²) in [6.07, 6.45) is 1.30. The number of hydrogen-bond acceptors (Lipinski definition) is 6. The number of nitrogens with one attached hydrogen (secondary N) is 1. The first kappa shape index (κ1) is 12.6. The van der Waals surface area contributed by atoms with Gasteiger partial charge in [-0.2, -0.15) is 4.68 Å². The summed E-state index contributed by atoms with van der Waals surface area (Å²) in [5, 5.41) is 16.1. The fourth-order valence-electron chi connectivity index (χ4n) is 0.982. The van der Waals surface area contributed by atoms with E-state index in [9.17, 15) is 19.7 Å². The summed E-state index contributed by atoms with van der Waals surface area (Å²) in [6.45, 7) is -0.455. The molecule has 1 aromatic heterocycles. The van der Waals surface area contributed by atoms with E-state index in [0.717, 1.165) is 4.68 Å². The van der Waals surface area contributed by atoms with E-state index in [-0.39, 0.29) is 18.9 Å². The highest BCUT2D eigenvalue weighted by molar-refractivity contribution is 5.81. The standard InChI is InChI=1S/C8H10N4O5/c1-17-8(14)4-9-7(13)5-11-3-2-6(10-11)12(15)16/h2-3H,4-5H2,1H3,(H,9,13). The Hall–Kier alpha value is -2.45. The molecule has 1 amide bonds. The summed E-state index contributed by atoms with van der Waals surface area (Å²) in [6, 6.07) is 1.17. The Bertz CT molecular complexity index is 441. The highest BCUT2D eigenvalue weighted by atomic mass is 16.6. The van der Waals surface area contributed by atoms with Gasteiger partial charge in [0.1, 0.15) is 13.1 Å². The Morgan fingerprint density at radius 1 is 1.65 bits per heavy atom. The lowest BCUT2D eigenvalue weighted by molar-refractivity contribution is -0.389. The summed E-state index contributed by atoms with van der Waals surface area (Å²) >= 11 is 0. The number of nitrogens with zero attached hydrogens (tertiary/aromatic N) is 3. The summed E-state index contributed by atoms with van der Waals surface area (Å²) in [5.41, 5.74) is 0. The number of esters is 1. The average Bonchev–Trinajstić information content (AvgIpc) is 2.74. The number of methoxy groups -OCH3 is 1. The molecule has 9 nitrogen and oxygen atoms in total. The number of aromatic nitrogens is 2. The van der Waals surface area contributed by atoms with Crippen molar-refractivity contribution in [1.82, 2.24) is 15.1 Å². The van der Waals surface area contributed by atoms with Gasteiger partial charge in [-0.1, -0.05) is 0 Å². The smallest absolute Gasteiger partial charge is 0.389 e. The largest absolute Gasteiger partial charge is 0.468 e. The van der Waals surface area contributed by atoms with Crippen LogP contribution < -0.4 is 5.32 Å². The molecule has 0 saturated carbocycles. The SMILES string of the molecule is COC(=O)CNC(=O)Cn1ccc([N+](=O)[O-])n1. The fraction of sp³-hybridized carbons (Fsp3) is 0.375. The average molecular weight is 242 g/mol. The lowest BCUT2D eigenvalue weighted by atomic mass is 10.5. The molecule has 0 saturated heterocycles. The minimum atomic E-state index is -0.664. The van der Waals surface area contributed by atoms with Crippen molar-refractivity contribution in [3.05, 3.63) is 22.4 Å². The quantitative estimate of drug-likeness (QED) is 0.405. The molecule has 0 atom stereocenters. The van der Waals surface area contributed by atoms with Gasteiger partial charge in [0.2, 0.25) is 5.91 Å². The minimum Gasteiger partial charge on any atom is -0.468 e. The molecule has 0 fully saturated rings. The molecule has 1 rings (SSSR count). The van der Waals surface area contributed by atoms with Gasteiger partial charge >= 0.3 is 11.8 Å². The first-order valence-electron chi connectivity index (χ1n) is 4.54. The van der Waals surface area contributed by atoms with Gasteiger partial charge in [-0.15, -0.1) is 0 Å². The van der Waals surface area contributed by atoms with E-state index in [1.54, 1.807) is 0 Å². The van der Waals surface area contributed by atoms with Gasteiger partial charge in [0, 0.05) is 0 Å². The van der Waals surface area contributed by atoms with Crippen LogP contribution in [0, 0.1) is 10.1 Å². The van der Waals surface area contributed by atoms with E-state index in [4.69, 9.17) is 0 Å². The second kappa shape index (κ2) is 5.58. The van der Waals surface area contributed by atoms with Crippen molar-refractivity contribution < 1.29 is 19.2 Å². The van der Waals surface area contributed by atoms with Crippen LogP contribution in [0.2, 0.25) is 0 Å². The molecular weight excluding hydrogens is 232 g/mol. The van der Waals surface area contributed by atoms with E-state index in [0.29, 0.717) is 0 Å². The summed E-state index contributed by atoms with van der Waals surface area (Å²) in [4.78, 5) is 31.6. The maximum absolute atomic E-state index is 11.3. The van der Waals surface area contributed by atoms with Crippen LogP contribution in [-0.4, -0.2) is 40.2 Å². The molecule has 9 heteroatoms. The number of carbonyl (C=O) groups excluding carboxylic acids is 2. The molecule has 0 aliphatic heterocycles. The van der Waals surface area contributed by atoms with E-state index in [2.05, 4.69) is 15.2 Å². The molecule has 0 unspecified atom stereocenters. The zero-order valence-electron chi connectivity index (χ0n) is 8.95. The third kappa shape index (κ3) is 3.89. The predicted octanol–water partition coefficient (Wildman–Crippen LogP) is -0.920. The molecule has 1 aromatic rings. The third-order valence-electron chi connectivity index (χ3n) is 1.78. The lowest BCUT2D eigenvalue weighted by Crippen LogP contribution is -2.32. The Kier molecular flexibility index (Phi) is 4.14. The number of carbonyl (C=O) groups is 2. The third-order valence-corrected chi connectivity index (χ3v) is 1.78. The highest BCUT2D eigenvalue weighted by Gasteiger charge is 2.13. The van der Waals surface area contributed by atoms with Crippen LogP contribution in [0.5, 0.6) is 0 Å². The molecule has 1 N–H and O–H groups in total. The number of amides is 1. The van der Waals surface area contributed by atoms with E-state index < -0.39 is 16.8 Å². The molecule has 92 valence electrons. The molecule has 0 aliphatic rings. The van der Waals surface area contributed by atoms with E-state index >= 15 is 0 Å². The van der Waals surface area contributed by atoms with Crippen molar-refractivity contribution >= 4 is 17.7 Å². The maximum Gasteiger partial charge on any atom is 0.389 e. The minimum absolute atomic E-state index is 0.204. The Balaban J connectivity index is 2.45. The molecular formula is C8H10N4O5. The fourth-order valence-corrected chi connectivity index (χ4v) is 0.982. The van der Waals surface area contributed by atoms with Gasteiger partial charge in [-0.3, -0.25) is 9.59 Å². The highest BCUT2D eigenvalue weighted by Crippen LogP contribution is 2.04. The Labute approximate surface area is 95.5 Å². The number of hydrogen-bond donors (Lipinski definition) is 1. The van der Waals surface area contributed by atoms with Crippen molar-refractivity contribution in [3.8, 4) is 0 Å². The molecule has 0 bridgehead atoms. The van der Waals surface area contributed by atoms with Crippen molar-refractivity contribution in [3.63, 3.8) is 0 Å². The van der Waals surface area contributed by atoms with Gasteiger partial charge in [0.05, 0.1) is 24.5 Å². The number of ether oxygens (including phenoxy) is 1. The Morgan fingerprint density at radius 3 is 2.88 bits per heavy atom. The van der Waals surface area contributed by atoms with Gasteiger partial charge in [-0.25, -0.2) is 0 Å².